The van der Waals surface area contributed by atoms with E-state index in [0.29, 0.717) is 17.0 Å². The van der Waals surface area contributed by atoms with E-state index in [4.69, 9.17) is 11.6 Å². The van der Waals surface area contributed by atoms with E-state index in [-0.39, 0.29) is 6.10 Å². The molecule has 0 radical (unpaired) electrons. The van der Waals surface area contributed by atoms with Crippen molar-refractivity contribution < 1.29 is 5.11 Å². The molecule has 1 N–H and O–H groups in total. The number of pyridine rings is 1. The summed E-state index contributed by atoms with van der Waals surface area (Å²) in [6, 6.07) is 5.88. The number of aliphatic hydroxyl groups excluding tert-OH is 1. The molecule has 3 nitrogen and oxygen atoms in total. The lowest BCUT2D eigenvalue weighted by Gasteiger charge is -2.41. The van der Waals surface area contributed by atoms with Crippen LogP contribution in [0.3, 0.4) is 0 Å². The van der Waals surface area contributed by atoms with Crippen LogP contribution in [0.25, 0.3) is 5.65 Å². The van der Waals surface area contributed by atoms with Crippen LogP contribution in [0.1, 0.15) is 31.4 Å². The molecule has 0 bridgehead atoms. The van der Waals surface area contributed by atoms with Crippen molar-refractivity contribution >= 4 is 17.2 Å². The predicted molar refractivity (Wildman–Crippen MR) is 67.3 cm³/mol. The Morgan fingerprint density at radius 2 is 2.35 bits per heavy atom. The Labute approximate surface area is 105 Å². The number of nitrogens with zero attached hydrogens (tertiary/aromatic N) is 2. The summed E-state index contributed by atoms with van der Waals surface area (Å²) in [7, 11) is 0. The summed E-state index contributed by atoms with van der Waals surface area (Å²) in [5.41, 5.74) is 1.93. The monoisotopic (exact) mass is 250 g/mol. The van der Waals surface area contributed by atoms with Gasteiger partial charge in [-0.3, -0.25) is 0 Å². The number of halogens is 1. The van der Waals surface area contributed by atoms with Crippen LogP contribution in [-0.4, -0.2) is 20.6 Å². The second kappa shape index (κ2) is 4.00. The first-order chi connectivity index (χ1) is 8.22. The highest BCUT2D eigenvalue weighted by atomic mass is 35.5. The minimum atomic E-state index is -0.185. The van der Waals surface area contributed by atoms with Crippen molar-refractivity contribution in [3.8, 4) is 0 Å². The summed E-state index contributed by atoms with van der Waals surface area (Å²) in [6.07, 6.45) is 3.57. The van der Waals surface area contributed by atoms with Crippen LogP contribution < -0.4 is 0 Å². The molecule has 3 atom stereocenters. The van der Waals surface area contributed by atoms with E-state index in [2.05, 4.69) is 11.9 Å². The molecular formula is C13H15ClN2O. The lowest BCUT2D eigenvalue weighted by atomic mass is 9.68. The van der Waals surface area contributed by atoms with Gasteiger partial charge >= 0.3 is 0 Å². The Hall–Kier alpha value is -1.06. The summed E-state index contributed by atoms with van der Waals surface area (Å²) in [5, 5.41) is 10.3. The summed E-state index contributed by atoms with van der Waals surface area (Å²) in [6.45, 7) is 2.11. The fourth-order valence-electron chi connectivity index (χ4n) is 2.87. The fourth-order valence-corrected chi connectivity index (χ4v) is 3.19. The molecule has 2 aromatic heterocycles. The van der Waals surface area contributed by atoms with Gasteiger partial charge in [0, 0.05) is 12.1 Å². The van der Waals surface area contributed by atoms with Crippen molar-refractivity contribution in [3.63, 3.8) is 0 Å². The summed E-state index contributed by atoms with van der Waals surface area (Å²) in [4.78, 5) is 4.36. The molecule has 1 aliphatic carbocycles. The van der Waals surface area contributed by atoms with E-state index in [0.717, 1.165) is 24.2 Å². The summed E-state index contributed by atoms with van der Waals surface area (Å²) >= 11 is 6.23. The highest BCUT2D eigenvalue weighted by molar-refractivity contribution is 6.30. The van der Waals surface area contributed by atoms with Gasteiger partial charge in [0.1, 0.15) is 5.65 Å². The first-order valence-corrected chi connectivity index (χ1v) is 6.40. The highest BCUT2D eigenvalue weighted by Crippen LogP contribution is 2.46. The molecule has 0 aliphatic heterocycles. The maximum absolute atomic E-state index is 9.77. The lowest BCUT2D eigenvalue weighted by Crippen LogP contribution is -2.39. The quantitative estimate of drug-likeness (QED) is 0.890. The van der Waals surface area contributed by atoms with Crippen LogP contribution in [-0.2, 0) is 0 Å². The fraction of sp³-hybridized carbons (Fsp3) is 0.462. The molecule has 2 heterocycles. The number of aliphatic hydroxyl groups is 1. The Morgan fingerprint density at radius 3 is 3.06 bits per heavy atom. The minimum absolute atomic E-state index is 0.185. The number of aromatic nitrogens is 2. The van der Waals surface area contributed by atoms with Gasteiger partial charge in [0.2, 0.25) is 0 Å². The van der Waals surface area contributed by atoms with Crippen LogP contribution in [0.15, 0.2) is 24.4 Å². The van der Waals surface area contributed by atoms with E-state index in [1.165, 1.54) is 0 Å². The van der Waals surface area contributed by atoms with E-state index >= 15 is 0 Å². The molecule has 0 saturated heterocycles. The normalized spacial score (nSPS) is 28.3. The van der Waals surface area contributed by atoms with Crippen molar-refractivity contribution in [2.24, 2.45) is 5.92 Å². The zero-order valence-electron chi connectivity index (χ0n) is 9.68. The molecule has 2 aromatic rings. The molecule has 0 amide bonds. The zero-order chi connectivity index (χ0) is 12.0. The lowest BCUT2D eigenvalue weighted by molar-refractivity contribution is -0.00237. The molecule has 90 valence electrons. The van der Waals surface area contributed by atoms with E-state index in [9.17, 15) is 5.11 Å². The van der Waals surface area contributed by atoms with Gasteiger partial charge in [-0.25, -0.2) is 4.98 Å². The molecule has 4 heteroatoms. The number of fused-ring (bicyclic) bond motifs is 1. The van der Waals surface area contributed by atoms with Gasteiger partial charge < -0.3 is 9.51 Å². The van der Waals surface area contributed by atoms with Crippen molar-refractivity contribution in [2.45, 2.75) is 31.8 Å². The van der Waals surface area contributed by atoms with Crippen LogP contribution in [0, 0.1) is 5.92 Å². The Morgan fingerprint density at radius 1 is 1.53 bits per heavy atom. The first kappa shape index (κ1) is 11.1. The minimum Gasteiger partial charge on any atom is -0.393 e. The second-order valence-corrected chi connectivity index (χ2v) is 5.06. The molecule has 0 spiro atoms. The number of hydrogen-bond acceptors (Lipinski definition) is 2. The third kappa shape index (κ3) is 1.57. The Bertz CT molecular complexity index is 551. The predicted octanol–water partition coefficient (Wildman–Crippen LogP) is 2.86. The first-order valence-electron chi connectivity index (χ1n) is 6.03. The molecule has 1 fully saturated rings. The Kier molecular flexibility index (Phi) is 2.60. The van der Waals surface area contributed by atoms with Crippen LogP contribution >= 0.6 is 11.6 Å². The largest absolute Gasteiger partial charge is 0.393 e. The topological polar surface area (TPSA) is 37.5 Å². The molecule has 1 saturated carbocycles. The van der Waals surface area contributed by atoms with E-state index in [1.807, 2.05) is 28.8 Å². The van der Waals surface area contributed by atoms with Gasteiger partial charge in [-0.05, 0) is 24.5 Å². The molecular weight excluding hydrogens is 236 g/mol. The highest BCUT2D eigenvalue weighted by Gasteiger charge is 2.42. The van der Waals surface area contributed by atoms with Gasteiger partial charge in [-0.15, -0.1) is 0 Å². The van der Waals surface area contributed by atoms with E-state index < -0.39 is 0 Å². The average molecular weight is 251 g/mol. The SMILES string of the molecule is CCC1C(O)CC1c1c(Cl)nc2ccccn12. The standard InChI is InChI=1S/C13H15ClN2O/c1-2-8-9(7-10(8)17)12-13(14)15-11-5-3-4-6-16(11)12/h3-6,8-10,17H,2,7H2,1H3. The second-order valence-electron chi connectivity index (χ2n) is 4.70. The molecule has 1 aliphatic rings. The molecule has 3 unspecified atom stereocenters. The number of hydrogen-bond donors (Lipinski definition) is 1. The van der Waals surface area contributed by atoms with Crippen LogP contribution in [0.5, 0.6) is 0 Å². The van der Waals surface area contributed by atoms with Crippen molar-refractivity contribution in [1.29, 1.82) is 0 Å². The van der Waals surface area contributed by atoms with Crippen molar-refractivity contribution in [3.05, 3.63) is 35.2 Å². The van der Waals surface area contributed by atoms with Gasteiger partial charge in [0.15, 0.2) is 5.15 Å². The summed E-state index contributed by atoms with van der Waals surface area (Å²) in [5.74, 6) is 0.646. The number of imidazole rings is 1. The van der Waals surface area contributed by atoms with Gasteiger partial charge in [0.25, 0.3) is 0 Å². The third-order valence-corrected chi connectivity index (χ3v) is 4.13. The van der Waals surface area contributed by atoms with Crippen molar-refractivity contribution in [2.75, 3.05) is 0 Å². The van der Waals surface area contributed by atoms with Crippen molar-refractivity contribution in [1.82, 2.24) is 9.38 Å². The van der Waals surface area contributed by atoms with Gasteiger partial charge in [-0.2, -0.15) is 0 Å². The number of rotatable bonds is 2. The zero-order valence-corrected chi connectivity index (χ0v) is 10.4. The summed E-state index contributed by atoms with van der Waals surface area (Å²) < 4.78 is 2.04. The van der Waals surface area contributed by atoms with Crippen LogP contribution in [0.4, 0.5) is 0 Å². The van der Waals surface area contributed by atoms with Crippen LogP contribution in [0.2, 0.25) is 5.15 Å². The maximum atomic E-state index is 9.77. The average Bonchev–Trinajstić information content (AvgIpc) is 2.62. The molecule has 17 heavy (non-hydrogen) atoms. The van der Waals surface area contributed by atoms with Gasteiger partial charge in [0.05, 0.1) is 11.8 Å². The molecule has 0 aromatic carbocycles. The maximum Gasteiger partial charge on any atom is 0.151 e. The van der Waals surface area contributed by atoms with E-state index in [1.54, 1.807) is 0 Å². The van der Waals surface area contributed by atoms with Gasteiger partial charge in [-0.1, -0.05) is 31.0 Å². The smallest absolute Gasteiger partial charge is 0.151 e. The third-order valence-electron chi connectivity index (χ3n) is 3.85. The Balaban J connectivity index is 2.08. The molecule has 3 rings (SSSR count).